The first-order valence-electron chi connectivity index (χ1n) is 39.4. The highest BCUT2D eigenvalue weighted by atomic mass is 16.6. The van der Waals surface area contributed by atoms with Gasteiger partial charge in [0.2, 0.25) is 0 Å². The lowest BCUT2D eigenvalue weighted by atomic mass is 9.67. The lowest BCUT2D eigenvalue weighted by Gasteiger charge is -2.33. The van der Waals surface area contributed by atoms with Crippen molar-refractivity contribution >= 4 is 25.2 Å². The molecule has 5 aromatic rings. The molecule has 0 spiro atoms. The molecule has 9 rings (SSSR count). The van der Waals surface area contributed by atoms with Gasteiger partial charge in [-0.2, -0.15) is 0 Å². The van der Waals surface area contributed by atoms with E-state index in [1.807, 2.05) is 0 Å². The van der Waals surface area contributed by atoms with Crippen LogP contribution in [-0.2, 0) is 42.3 Å². The maximum Gasteiger partial charge on any atom is 0.494 e. The Balaban J connectivity index is 0.000000247. The molecule has 4 aliphatic rings. The molecule has 0 unspecified atom stereocenters. The summed E-state index contributed by atoms with van der Waals surface area (Å²) in [6.07, 6.45) is 56.0. The zero-order chi connectivity index (χ0) is 64.6. The fourth-order valence-electron chi connectivity index (χ4n) is 16.6. The van der Waals surface area contributed by atoms with Gasteiger partial charge in [0.1, 0.15) is 0 Å². The van der Waals surface area contributed by atoms with Gasteiger partial charge in [-0.15, -0.1) is 0 Å². The van der Waals surface area contributed by atoms with Gasteiger partial charge in [0.15, 0.2) is 0 Å². The van der Waals surface area contributed by atoms with Crippen LogP contribution in [0.25, 0.3) is 33.4 Å². The average molecular weight is 1250 g/mol. The standard InChI is InChI=1S/C53H82.C33H48B2O4/c1-7-11-15-19-23-27-31-45-41-50(46(40-44(45)6)32-28-24-20-16-12-8-2)47-34-36-49-48-35-33-43(5)39-51(48)53(52(49)42-47,37-29-25-21-17-13-9-3)38-30-26-22-18-14-10-4;1-3-5-7-9-11-13-19-33(20-14-12-10-8-6-4-2)31-25-27(34-36-21-22-37-34)15-17-29(31)30-18-16-28(26-32(30)33)35-38-23-24-39-35/h33-36,39-42H,7-32,37-38H2,1-6H3;15-18,25-26H,3-14,19-24H2,1-2H3. The van der Waals surface area contributed by atoms with Gasteiger partial charge in [-0.1, -0.05) is 344 Å². The van der Waals surface area contributed by atoms with Crippen molar-refractivity contribution in [2.45, 2.75) is 336 Å². The SMILES string of the molecule is CCCCCCCCC1(CCCCCCCC)c2cc(B3OCCO3)ccc2-c2ccc(B3OCCO3)cc21.CCCCCCCCc1cc(-c2ccc3c(c2)C(CCCCCCCC)(CCCCCCCC)c2cc(C)ccc2-3)c(CCCCCCCC)cc1C. The summed E-state index contributed by atoms with van der Waals surface area (Å²) in [5.41, 5.74) is 23.7. The summed E-state index contributed by atoms with van der Waals surface area (Å²) in [5, 5.41) is 0. The van der Waals surface area contributed by atoms with Gasteiger partial charge in [0.25, 0.3) is 0 Å². The van der Waals surface area contributed by atoms with E-state index in [4.69, 9.17) is 18.6 Å². The molecule has 0 N–H and O–H groups in total. The van der Waals surface area contributed by atoms with Crippen molar-refractivity contribution in [3.8, 4) is 33.4 Å². The van der Waals surface area contributed by atoms with E-state index in [1.165, 1.54) is 325 Å². The second-order valence-corrected chi connectivity index (χ2v) is 29.3. The molecule has 2 heterocycles. The molecule has 5 aromatic carbocycles. The molecule has 0 amide bonds. The minimum Gasteiger partial charge on any atom is -0.405 e. The van der Waals surface area contributed by atoms with E-state index < -0.39 is 0 Å². The molecule has 0 atom stereocenters. The highest BCUT2D eigenvalue weighted by molar-refractivity contribution is 6.62. The van der Waals surface area contributed by atoms with E-state index >= 15 is 0 Å². The third-order valence-electron chi connectivity index (χ3n) is 22.0. The van der Waals surface area contributed by atoms with Gasteiger partial charge in [-0.3, -0.25) is 0 Å². The molecule has 6 heteroatoms. The van der Waals surface area contributed by atoms with Crippen LogP contribution < -0.4 is 10.9 Å². The molecular weight excluding hydrogens is 1120 g/mol. The number of unbranched alkanes of at least 4 members (excludes halogenated alkanes) is 30. The smallest absolute Gasteiger partial charge is 0.405 e. The summed E-state index contributed by atoms with van der Waals surface area (Å²) in [6, 6.07) is 34.5. The number of hydrogen-bond donors (Lipinski definition) is 0. The highest BCUT2D eigenvalue weighted by Gasteiger charge is 2.45. The van der Waals surface area contributed by atoms with Crippen LogP contribution >= 0.6 is 0 Å². The largest absolute Gasteiger partial charge is 0.494 e. The molecule has 504 valence electrons. The number of fused-ring (bicyclic) bond motifs is 6. The Morgan fingerprint density at radius 3 is 1.00 bits per heavy atom. The first-order valence-corrected chi connectivity index (χ1v) is 39.4. The van der Waals surface area contributed by atoms with Crippen molar-refractivity contribution in [3.63, 3.8) is 0 Å². The Labute approximate surface area is 565 Å². The summed E-state index contributed by atoms with van der Waals surface area (Å²) in [5.74, 6) is 0. The predicted octanol–water partition coefficient (Wildman–Crippen LogP) is 24.5. The van der Waals surface area contributed by atoms with E-state index in [2.05, 4.69) is 140 Å². The fourth-order valence-corrected chi connectivity index (χ4v) is 16.6. The van der Waals surface area contributed by atoms with Crippen LogP contribution in [0.15, 0.2) is 84.9 Å². The summed E-state index contributed by atoms with van der Waals surface area (Å²) >= 11 is 0. The second-order valence-electron chi connectivity index (χ2n) is 29.3. The van der Waals surface area contributed by atoms with Gasteiger partial charge >= 0.3 is 14.2 Å². The summed E-state index contributed by atoms with van der Waals surface area (Å²) in [7, 11) is -0.480. The van der Waals surface area contributed by atoms with Crippen LogP contribution in [0.5, 0.6) is 0 Å². The molecular formula is C86H130B2O4. The topological polar surface area (TPSA) is 36.9 Å². The lowest BCUT2D eigenvalue weighted by molar-refractivity contribution is 0.365. The van der Waals surface area contributed by atoms with Crippen molar-refractivity contribution < 1.29 is 18.6 Å². The summed E-state index contributed by atoms with van der Waals surface area (Å²) in [4.78, 5) is 0. The molecule has 4 nitrogen and oxygen atoms in total. The van der Waals surface area contributed by atoms with Crippen LogP contribution in [-0.4, -0.2) is 40.7 Å². The fraction of sp³-hybridized carbons (Fsp3) is 0.651. The van der Waals surface area contributed by atoms with Gasteiger partial charge in [0.05, 0.1) is 26.4 Å². The van der Waals surface area contributed by atoms with E-state index in [-0.39, 0.29) is 25.1 Å². The molecule has 2 fully saturated rings. The minimum atomic E-state index is -0.240. The molecule has 2 aliphatic carbocycles. The Morgan fingerprint density at radius 1 is 0.293 bits per heavy atom. The zero-order valence-electron chi connectivity index (χ0n) is 60.4. The van der Waals surface area contributed by atoms with Crippen LogP contribution in [0.1, 0.15) is 343 Å². The average Bonchev–Trinajstić information content (AvgIpc) is 1.57. The third-order valence-corrected chi connectivity index (χ3v) is 22.0. The molecule has 0 saturated carbocycles. The Kier molecular flexibility index (Phi) is 32.6. The maximum atomic E-state index is 5.95. The van der Waals surface area contributed by atoms with Crippen molar-refractivity contribution in [3.05, 3.63) is 129 Å². The van der Waals surface area contributed by atoms with Crippen LogP contribution in [0.4, 0.5) is 0 Å². The molecule has 2 saturated heterocycles. The zero-order valence-corrected chi connectivity index (χ0v) is 60.4. The van der Waals surface area contributed by atoms with Crippen LogP contribution in [0.3, 0.4) is 0 Å². The Hall–Kier alpha value is -3.93. The quantitative estimate of drug-likeness (QED) is 0.0288. The second kappa shape index (κ2) is 40.6. The first kappa shape index (κ1) is 73.9. The maximum absolute atomic E-state index is 5.95. The van der Waals surface area contributed by atoms with E-state index in [9.17, 15) is 0 Å². The van der Waals surface area contributed by atoms with Crippen molar-refractivity contribution in [2.24, 2.45) is 0 Å². The van der Waals surface area contributed by atoms with Gasteiger partial charge in [-0.25, -0.2) is 0 Å². The molecule has 0 bridgehead atoms. The first-order chi connectivity index (χ1) is 45.2. The van der Waals surface area contributed by atoms with E-state index in [0.717, 1.165) is 10.9 Å². The number of hydrogen-bond acceptors (Lipinski definition) is 4. The van der Waals surface area contributed by atoms with E-state index in [0.29, 0.717) is 26.4 Å². The third kappa shape index (κ3) is 20.6. The Bertz CT molecular complexity index is 2790. The predicted molar refractivity (Wildman–Crippen MR) is 401 cm³/mol. The molecule has 0 radical (unpaired) electrons. The monoisotopic (exact) mass is 1250 g/mol. The highest BCUT2D eigenvalue weighted by Crippen LogP contribution is 2.56. The van der Waals surface area contributed by atoms with Crippen LogP contribution in [0.2, 0.25) is 0 Å². The molecule has 92 heavy (non-hydrogen) atoms. The minimum absolute atomic E-state index is 0.0173. The number of rotatable bonds is 45. The normalized spacial score (nSPS) is 15.0. The molecule has 2 aliphatic heterocycles. The molecule has 0 aromatic heterocycles. The van der Waals surface area contributed by atoms with Gasteiger partial charge < -0.3 is 18.6 Å². The van der Waals surface area contributed by atoms with Crippen LogP contribution in [0, 0.1) is 13.8 Å². The summed E-state index contributed by atoms with van der Waals surface area (Å²) < 4.78 is 23.8. The Morgan fingerprint density at radius 2 is 0.609 bits per heavy atom. The van der Waals surface area contributed by atoms with E-state index in [1.54, 1.807) is 22.3 Å². The van der Waals surface area contributed by atoms with Crippen molar-refractivity contribution in [1.82, 2.24) is 0 Å². The van der Waals surface area contributed by atoms with Crippen molar-refractivity contribution in [2.75, 3.05) is 26.4 Å². The van der Waals surface area contributed by atoms with Crippen molar-refractivity contribution in [1.29, 1.82) is 0 Å². The van der Waals surface area contributed by atoms with Gasteiger partial charge in [-0.05, 0) is 155 Å². The number of aryl methyl sites for hydroxylation is 4. The number of benzene rings is 5. The van der Waals surface area contributed by atoms with Gasteiger partial charge in [0, 0.05) is 10.8 Å². The summed E-state index contributed by atoms with van der Waals surface area (Å²) in [6.45, 7) is 21.3. The lowest BCUT2D eigenvalue weighted by Crippen LogP contribution is -2.35.